The predicted molar refractivity (Wildman–Crippen MR) is 76.0 cm³/mol. The molecule has 0 radical (unpaired) electrons. The van der Waals surface area contributed by atoms with E-state index in [9.17, 15) is 13.6 Å². The predicted octanol–water partition coefficient (Wildman–Crippen LogP) is 4.26. The SMILES string of the molecule is CCCc1cc(OCc2ccc(F)c(F)c2)c(C(=O)O)s1. The van der Waals surface area contributed by atoms with E-state index in [1.54, 1.807) is 6.07 Å². The molecule has 1 N–H and O–H groups in total. The molecular formula is C15H14F2O3S. The fourth-order valence-corrected chi connectivity index (χ4v) is 2.88. The van der Waals surface area contributed by atoms with E-state index in [2.05, 4.69) is 0 Å². The Labute approximate surface area is 124 Å². The van der Waals surface area contributed by atoms with Crippen LogP contribution in [0.3, 0.4) is 0 Å². The third-order valence-electron chi connectivity index (χ3n) is 2.82. The molecule has 0 aliphatic heterocycles. The number of benzene rings is 1. The summed E-state index contributed by atoms with van der Waals surface area (Å²) >= 11 is 1.17. The summed E-state index contributed by atoms with van der Waals surface area (Å²) in [6.45, 7) is 1.99. The summed E-state index contributed by atoms with van der Waals surface area (Å²) < 4.78 is 31.4. The van der Waals surface area contributed by atoms with E-state index in [-0.39, 0.29) is 17.2 Å². The van der Waals surface area contributed by atoms with Gasteiger partial charge in [-0.2, -0.15) is 0 Å². The van der Waals surface area contributed by atoms with Crippen molar-refractivity contribution in [2.75, 3.05) is 0 Å². The van der Waals surface area contributed by atoms with E-state index < -0.39 is 17.6 Å². The molecule has 0 saturated carbocycles. The summed E-state index contributed by atoms with van der Waals surface area (Å²) in [7, 11) is 0. The van der Waals surface area contributed by atoms with Gasteiger partial charge in [0.05, 0.1) is 0 Å². The number of aryl methyl sites for hydroxylation is 1. The Morgan fingerprint density at radius 1 is 1.29 bits per heavy atom. The first kappa shape index (κ1) is 15.4. The molecule has 1 aromatic carbocycles. The van der Waals surface area contributed by atoms with Crippen LogP contribution in [-0.4, -0.2) is 11.1 Å². The average Bonchev–Trinajstić information content (AvgIpc) is 2.84. The lowest BCUT2D eigenvalue weighted by Crippen LogP contribution is -2.00. The lowest BCUT2D eigenvalue weighted by atomic mass is 10.2. The number of carboxylic acid groups (broad SMARTS) is 1. The maximum Gasteiger partial charge on any atom is 0.349 e. The van der Waals surface area contributed by atoms with Gasteiger partial charge in [0.15, 0.2) is 16.5 Å². The van der Waals surface area contributed by atoms with Gasteiger partial charge in [0.2, 0.25) is 0 Å². The van der Waals surface area contributed by atoms with Crippen molar-refractivity contribution in [1.82, 2.24) is 0 Å². The molecule has 0 spiro atoms. The Morgan fingerprint density at radius 3 is 2.67 bits per heavy atom. The lowest BCUT2D eigenvalue weighted by molar-refractivity contribution is 0.0697. The summed E-state index contributed by atoms with van der Waals surface area (Å²) in [4.78, 5) is 12.2. The molecule has 0 fully saturated rings. The summed E-state index contributed by atoms with van der Waals surface area (Å²) in [6.07, 6.45) is 1.68. The van der Waals surface area contributed by atoms with Gasteiger partial charge in [-0.05, 0) is 30.2 Å². The van der Waals surface area contributed by atoms with Gasteiger partial charge in [-0.1, -0.05) is 19.4 Å². The summed E-state index contributed by atoms with van der Waals surface area (Å²) in [6, 6.07) is 5.15. The van der Waals surface area contributed by atoms with E-state index in [0.29, 0.717) is 5.56 Å². The highest BCUT2D eigenvalue weighted by Gasteiger charge is 2.16. The van der Waals surface area contributed by atoms with Crippen LogP contribution in [0.2, 0.25) is 0 Å². The average molecular weight is 312 g/mol. The van der Waals surface area contributed by atoms with Crippen LogP contribution in [0.15, 0.2) is 24.3 Å². The van der Waals surface area contributed by atoms with Gasteiger partial charge in [0, 0.05) is 4.88 Å². The zero-order valence-corrected chi connectivity index (χ0v) is 12.2. The standard InChI is InChI=1S/C15H14F2O3S/c1-2-3-10-7-13(14(21-10)15(18)19)20-8-9-4-5-11(16)12(17)6-9/h4-7H,2-3,8H2,1H3,(H,18,19). The van der Waals surface area contributed by atoms with Crippen molar-refractivity contribution in [3.8, 4) is 5.75 Å². The second-order valence-corrected chi connectivity index (χ2v) is 5.64. The van der Waals surface area contributed by atoms with Crippen molar-refractivity contribution in [3.63, 3.8) is 0 Å². The van der Waals surface area contributed by atoms with Crippen LogP contribution in [0.4, 0.5) is 8.78 Å². The number of rotatable bonds is 6. The molecule has 2 rings (SSSR count). The molecule has 0 bridgehead atoms. The molecule has 1 aromatic heterocycles. The van der Waals surface area contributed by atoms with Gasteiger partial charge >= 0.3 is 5.97 Å². The van der Waals surface area contributed by atoms with Gasteiger partial charge in [-0.25, -0.2) is 13.6 Å². The van der Waals surface area contributed by atoms with Crippen LogP contribution in [0.25, 0.3) is 0 Å². The third kappa shape index (κ3) is 3.78. The van der Waals surface area contributed by atoms with Crippen molar-refractivity contribution < 1.29 is 23.4 Å². The molecule has 6 heteroatoms. The molecule has 1 heterocycles. The molecule has 0 aliphatic rings. The molecule has 0 amide bonds. The summed E-state index contributed by atoms with van der Waals surface area (Å²) in [5.74, 6) is -2.67. The topological polar surface area (TPSA) is 46.5 Å². The van der Waals surface area contributed by atoms with Crippen molar-refractivity contribution >= 4 is 17.3 Å². The van der Waals surface area contributed by atoms with Gasteiger partial charge in [-0.3, -0.25) is 0 Å². The van der Waals surface area contributed by atoms with Crippen LogP contribution < -0.4 is 4.74 Å². The van der Waals surface area contributed by atoms with Crippen LogP contribution in [0.1, 0.15) is 33.5 Å². The van der Waals surface area contributed by atoms with E-state index in [1.807, 2.05) is 6.92 Å². The number of ether oxygens (including phenoxy) is 1. The number of thiophene rings is 1. The normalized spacial score (nSPS) is 10.6. The monoisotopic (exact) mass is 312 g/mol. The number of aromatic carboxylic acids is 1. The Morgan fingerprint density at radius 2 is 2.05 bits per heavy atom. The van der Waals surface area contributed by atoms with Crippen molar-refractivity contribution in [1.29, 1.82) is 0 Å². The van der Waals surface area contributed by atoms with Crippen molar-refractivity contribution in [2.45, 2.75) is 26.4 Å². The van der Waals surface area contributed by atoms with Crippen LogP contribution in [0.5, 0.6) is 5.75 Å². The quantitative estimate of drug-likeness (QED) is 0.867. The van der Waals surface area contributed by atoms with Gasteiger partial charge in [0.25, 0.3) is 0 Å². The summed E-state index contributed by atoms with van der Waals surface area (Å²) in [5.41, 5.74) is 0.438. The van der Waals surface area contributed by atoms with Gasteiger partial charge in [0.1, 0.15) is 12.4 Å². The minimum atomic E-state index is -1.05. The Balaban J connectivity index is 2.14. The Kier molecular flexibility index (Phi) is 4.90. The Bertz CT molecular complexity index is 652. The number of carboxylic acids is 1. The first-order valence-electron chi connectivity index (χ1n) is 6.44. The van der Waals surface area contributed by atoms with E-state index >= 15 is 0 Å². The zero-order valence-electron chi connectivity index (χ0n) is 11.4. The molecular weight excluding hydrogens is 298 g/mol. The zero-order chi connectivity index (χ0) is 15.4. The minimum Gasteiger partial charge on any atom is -0.487 e. The largest absolute Gasteiger partial charge is 0.487 e. The molecule has 2 aromatic rings. The molecule has 0 atom stereocenters. The molecule has 21 heavy (non-hydrogen) atoms. The first-order valence-corrected chi connectivity index (χ1v) is 7.25. The van der Waals surface area contributed by atoms with E-state index in [4.69, 9.17) is 9.84 Å². The van der Waals surface area contributed by atoms with Gasteiger partial charge in [-0.15, -0.1) is 11.3 Å². The highest BCUT2D eigenvalue weighted by atomic mass is 32.1. The Hall–Kier alpha value is -1.95. The fraction of sp³-hybridized carbons (Fsp3) is 0.267. The lowest BCUT2D eigenvalue weighted by Gasteiger charge is -2.06. The van der Waals surface area contributed by atoms with E-state index in [1.165, 1.54) is 17.4 Å². The molecule has 0 aliphatic carbocycles. The van der Waals surface area contributed by atoms with Crippen LogP contribution >= 0.6 is 11.3 Å². The number of hydrogen-bond acceptors (Lipinski definition) is 3. The second kappa shape index (κ2) is 6.67. The maximum atomic E-state index is 13.1. The maximum absolute atomic E-state index is 13.1. The molecule has 0 saturated heterocycles. The second-order valence-electron chi connectivity index (χ2n) is 4.50. The molecule has 3 nitrogen and oxygen atoms in total. The first-order chi connectivity index (χ1) is 10.0. The highest BCUT2D eigenvalue weighted by molar-refractivity contribution is 7.14. The number of hydrogen-bond donors (Lipinski definition) is 1. The highest BCUT2D eigenvalue weighted by Crippen LogP contribution is 2.31. The van der Waals surface area contributed by atoms with Gasteiger partial charge < -0.3 is 9.84 Å². The van der Waals surface area contributed by atoms with Crippen molar-refractivity contribution in [2.24, 2.45) is 0 Å². The van der Waals surface area contributed by atoms with E-state index in [0.717, 1.165) is 29.9 Å². The smallest absolute Gasteiger partial charge is 0.349 e. The molecule has 112 valence electrons. The molecule has 0 unspecified atom stereocenters. The number of carbonyl (C=O) groups is 1. The fourth-order valence-electron chi connectivity index (χ4n) is 1.84. The summed E-state index contributed by atoms with van der Waals surface area (Å²) in [5, 5.41) is 9.15. The minimum absolute atomic E-state index is 0.0141. The van der Waals surface area contributed by atoms with Crippen LogP contribution in [-0.2, 0) is 13.0 Å². The van der Waals surface area contributed by atoms with Crippen molar-refractivity contribution in [3.05, 3.63) is 51.2 Å². The third-order valence-corrected chi connectivity index (χ3v) is 3.98. The number of halogens is 2. The van der Waals surface area contributed by atoms with Crippen LogP contribution in [0, 0.1) is 11.6 Å².